The van der Waals surface area contributed by atoms with E-state index < -0.39 is 6.10 Å². The van der Waals surface area contributed by atoms with Gasteiger partial charge in [0.2, 0.25) is 0 Å². The van der Waals surface area contributed by atoms with Crippen molar-refractivity contribution in [2.75, 3.05) is 33.4 Å². The third-order valence-electron chi connectivity index (χ3n) is 3.67. The van der Waals surface area contributed by atoms with Crippen LogP contribution in [0.3, 0.4) is 0 Å². The molecule has 1 aliphatic carbocycles. The molecule has 0 aromatic carbocycles. The molecule has 2 N–H and O–H groups in total. The molecule has 5 heteroatoms. The molecule has 0 bridgehead atoms. The highest BCUT2D eigenvalue weighted by atomic mass is 16.5. The van der Waals surface area contributed by atoms with Crippen molar-refractivity contribution in [3.05, 3.63) is 12.2 Å². The summed E-state index contributed by atoms with van der Waals surface area (Å²) < 4.78 is 10.1. The number of hydrogen-bond donors (Lipinski definition) is 2. The zero-order valence-corrected chi connectivity index (χ0v) is 12.5. The highest BCUT2D eigenvalue weighted by Gasteiger charge is 2.18. The van der Waals surface area contributed by atoms with Crippen molar-refractivity contribution in [2.24, 2.45) is 11.8 Å². The van der Waals surface area contributed by atoms with Gasteiger partial charge in [-0.25, -0.2) is 0 Å². The van der Waals surface area contributed by atoms with Crippen LogP contribution in [0.15, 0.2) is 12.2 Å². The first-order chi connectivity index (χ1) is 9.63. The molecule has 3 unspecified atom stereocenters. The molecule has 0 radical (unpaired) electrons. The topological polar surface area (TPSA) is 67.8 Å². The van der Waals surface area contributed by atoms with E-state index in [1.807, 2.05) is 0 Å². The fraction of sp³-hybridized carbons (Fsp3) is 0.800. The molecule has 0 aromatic rings. The molecule has 20 heavy (non-hydrogen) atoms. The van der Waals surface area contributed by atoms with E-state index in [0.29, 0.717) is 44.6 Å². The standard InChI is InChI=1S/C15H27NO4/c1-12-5-3-4-6-13(12)10-20-11-14(17)9-16-8-7-15(18)19-2/h3-4,12-14,16-17H,5-11H2,1-2H3. The molecule has 3 atom stereocenters. The second kappa shape index (κ2) is 9.91. The Bertz CT molecular complexity index is 306. The van der Waals surface area contributed by atoms with Gasteiger partial charge in [0.1, 0.15) is 0 Å². The number of allylic oxidation sites excluding steroid dienone is 2. The second-order valence-electron chi connectivity index (χ2n) is 5.40. The van der Waals surface area contributed by atoms with Crippen LogP contribution in [0.2, 0.25) is 0 Å². The number of nitrogens with one attached hydrogen (secondary N) is 1. The Kier molecular flexibility index (Phi) is 8.49. The summed E-state index contributed by atoms with van der Waals surface area (Å²) in [4.78, 5) is 10.9. The largest absolute Gasteiger partial charge is 0.469 e. The van der Waals surface area contributed by atoms with Crippen molar-refractivity contribution in [3.63, 3.8) is 0 Å². The number of aliphatic hydroxyl groups excluding tert-OH is 1. The van der Waals surface area contributed by atoms with E-state index in [4.69, 9.17) is 4.74 Å². The lowest BCUT2D eigenvalue weighted by Crippen LogP contribution is -2.32. The number of aliphatic hydroxyl groups is 1. The van der Waals surface area contributed by atoms with Crippen LogP contribution in [0.5, 0.6) is 0 Å². The zero-order valence-electron chi connectivity index (χ0n) is 12.5. The predicted molar refractivity (Wildman–Crippen MR) is 77.4 cm³/mol. The van der Waals surface area contributed by atoms with Gasteiger partial charge < -0.3 is 19.9 Å². The lowest BCUT2D eigenvalue weighted by atomic mass is 9.85. The molecule has 0 fully saturated rings. The summed E-state index contributed by atoms with van der Waals surface area (Å²) in [5.74, 6) is 0.956. The summed E-state index contributed by atoms with van der Waals surface area (Å²) in [7, 11) is 1.37. The van der Waals surface area contributed by atoms with Gasteiger partial charge in [-0.05, 0) is 24.7 Å². The van der Waals surface area contributed by atoms with Gasteiger partial charge in [0.05, 0.1) is 32.8 Å². The third kappa shape index (κ3) is 7.03. The second-order valence-corrected chi connectivity index (χ2v) is 5.40. The molecule has 116 valence electrons. The molecule has 1 rings (SSSR count). The monoisotopic (exact) mass is 285 g/mol. The number of carbonyl (C=O) groups excluding carboxylic acids is 1. The van der Waals surface area contributed by atoms with E-state index in [9.17, 15) is 9.90 Å². The summed E-state index contributed by atoms with van der Waals surface area (Å²) in [5, 5.41) is 12.8. The Morgan fingerprint density at radius 2 is 2.20 bits per heavy atom. The van der Waals surface area contributed by atoms with E-state index in [1.54, 1.807) is 0 Å². The maximum Gasteiger partial charge on any atom is 0.306 e. The number of esters is 1. The van der Waals surface area contributed by atoms with Crippen LogP contribution >= 0.6 is 0 Å². The molecule has 1 aliphatic rings. The first kappa shape index (κ1) is 17.1. The molecule has 0 saturated carbocycles. The summed E-state index contributed by atoms with van der Waals surface area (Å²) in [6.07, 6.45) is 6.39. The lowest BCUT2D eigenvalue weighted by Gasteiger charge is -2.25. The van der Waals surface area contributed by atoms with Gasteiger partial charge in [-0.1, -0.05) is 19.1 Å². The van der Waals surface area contributed by atoms with Crippen LogP contribution < -0.4 is 5.32 Å². The molecular formula is C15H27NO4. The molecule has 0 aromatic heterocycles. The number of methoxy groups -OCH3 is 1. The summed E-state index contributed by atoms with van der Waals surface area (Å²) in [6.45, 7) is 4.20. The van der Waals surface area contributed by atoms with Gasteiger partial charge >= 0.3 is 5.97 Å². The zero-order chi connectivity index (χ0) is 14.8. The van der Waals surface area contributed by atoms with Gasteiger partial charge in [0.25, 0.3) is 0 Å². The lowest BCUT2D eigenvalue weighted by molar-refractivity contribution is -0.140. The molecule has 0 heterocycles. The van der Waals surface area contributed by atoms with Crippen molar-refractivity contribution in [3.8, 4) is 0 Å². The minimum atomic E-state index is -0.540. The minimum Gasteiger partial charge on any atom is -0.469 e. The van der Waals surface area contributed by atoms with E-state index in [2.05, 4.69) is 29.1 Å². The first-order valence-corrected chi connectivity index (χ1v) is 7.31. The van der Waals surface area contributed by atoms with E-state index in [-0.39, 0.29) is 5.97 Å². The van der Waals surface area contributed by atoms with Crippen LogP contribution in [0.25, 0.3) is 0 Å². The first-order valence-electron chi connectivity index (χ1n) is 7.31. The number of hydrogen-bond acceptors (Lipinski definition) is 5. The average Bonchev–Trinajstić information content (AvgIpc) is 2.45. The summed E-state index contributed by atoms with van der Waals surface area (Å²) in [6, 6.07) is 0. The quantitative estimate of drug-likeness (QED) is 0.377. The fourth-order valence-electron chi connectivity index (χ4n) is 2.21. The van der Waals surface area contributed by atoms with Crippen LogP contribution in [-0.4, -0.2) is 50.6 Å². The van der Waals surface area contributed by atoms with Gasteiger partial charge in [-0.2, -0.15) is 0 Å². The average molecular weight is 285 g/mol. The Hall–Kier alpha value is -0.910. The van der Waals surface area contributed by atoms with Gasteiger partial charge in [-0.3, -0.25) is 4.79 Å². The van der Waals surface area contributed by atoms with E-state index in [1.165, 1.54) is 7.11 Å². The van der Waals surface area contributed by atoms with Gasteiger partial charge in [-0.15, -0.1) is 0 Å². The van der Waals surface area contributed by atoms with Crippen molar-refractivity contribution < 1.29 is 19.4 Å². The molecule has 0 aliphatic heterocycles. The number of ether oxygens (including phenoxy) is 2. The van der Waals surface area contributed by atoms with Crippen molar-refractivity contribution in [2.45, 2.75) is 32.3 Å². The van der Waals surface area contributed by atoms with Gasteiger partial charge in [0.15, 0.2) is 0 Å². The normalized spacial score (nSPS) is 23.6. The van der Waals surface area contributed by atoms with E-state index in [0.717, 1.165) is 12.8 Å². The van der Waals surface area contributed by atoms with Crippen molar-refractivity contribution in [1.29, 1.82) is 0 Å². The Morgan fingerprint density at radius 1 is 1.45 bits per heavy atom. The van der Waals surface area contributed by atoms with Crippen molar-refractivity contribution >= 4 is 5.97 Å². The molecule has 0 spiro atoms. The summed E-state index contributed by atoms with van der Waals surface area (Å²) >= 11 is 0. The van der Waals surface area contributed by atoms with Crippen LogP contribution in [0.1, 0.15) is 26.2 Å². The molecular weight excluding hydrogens is 258 g/mol. The smallest absolute Gasteiger partial charge is 0.306 e. The van der Waals surface area contributed by atoms with Crippen LogP contribution in [-0.2, 0) is 14.3 Å². The molecule has 0 saturated heterocycles. The SMILES string of the molecule is COC(=O)CCNCC(O)COCC1CC=CCC1C. The van der Waals surface area contributed by atoms with Gasteiger partial charge in [0, 0.05) is 13.1 Å². The molecule has 0 amide bonds. The highest BCUT2D eigenvalue weighted by Crippen LogP contribution is 2.24. The minimum absolute atomic E-state index is 0.248. The summed E-state index contributed by atoms with van der Waals surface area (Å²) in [5.41, 5.74) is 0. The van der Waals surface area contributed by atoms with Crippen LogP contribution in [0.4, 0.5) is 0 Å². The van der Waals surface area contributed by atoms with E-state index >= 15 is 0 Å². The van der Waals surface area contributed by atoms with Crippen molar-refractivity contribution in [1.82, 2.24) is 5.32 Å². The Balaban J connectivity index is 2.01. The Labute approximate surface area is 121 Å². The highest BCUT2D eigenvalue weighted by molar-refractivity contribution is 5.69. The maximum atomic E-state index is 10.9. The molecule has 5 nitrogen and oxygen atoms in total. The Morgan fingerprint density at radius 3 is 2.90 bits per heavy atom. The number of carbonyl (C=O) groups is 1. The fourth-order valence-corrected chi connectivity index (χ4v) is 2.21. The van der Waals surface area contributed by atoms with Crippen LogP contribution in [0, 0.1) is 11.8 Å². The predicted octanol–water partition coefficient (Wildman–Crippen LogP) is 1.12. The number of rotatable bonds is 9. The third-order valence-corrected chi connectivity index (χ3v) is 3.67. The maximum absolute atomic E-state index is 10.9.